The van der Waals surface area contributed by atoms with E-state index in [2.05, 4.69) is 10.4 Å². The third-order valence-corrected chi connectivity index (χ3v) is 2.76. The van der Waals surface area contributed by atoms with Gasteiger partial charge in [0.2, 0.25) is 0 Å². The Morgan fingerprint density at radius 1 is 1.35 bits per heavy atom. The number of hydrogen-bond donors (Lipinski definition) is 3. The summed E-state index contributed by atoms with van der Waals surface area (Å²) in [7, 11) is 0. The number of aliphatic hydroxyl groups excluding tert-OH is 1. The number of halogens is 3. The second kappa shape index (κ2) is 7.30. The number of aromatic nitrogens is 1. The van der Waals surface area contributed by atoms with Crippen LogP contribution in [-0.2, 0) is 6.18 Å². The van der Waals surface area contributed by atoms with Crippen molar-refractivity contribution in [3.63, 3.8) is 0 Å². The highest BCUT2D eigenvalue weighted by Gasteiger charge is 2.32. The molecule has 0 unspecified atom stereocenters. The zero-order chi connectivity index (χ0) is 15.2. The van der Waals surface area contributed by atoms with Crippen molar-refractivity contribution in [3.05, 3.63) is 17.7 Å². The molecule has 0 aliphatic rings. The molecule has 5 nitrogen and oxygen atoms in total. The Bertz CT molecular complexity index is 426. The van der Waals surface area contributed by atoms with Gasteiger partial charge in [-0.2, -0.15) is 13.2 Å². The van der Waals surface area contributed by atoms with Gasteiger partial charge >= 0.3 is 6.18 Å². The van der Waals surface area contributed by atoms with Crippen LogP contribution in [0.3, 0.4) is 0 Å². The molecule has 1 aromatic heterocycles. The first-order valence-electron chi connectivity index (χ1n) is 6.34. The third-order valence-electron chi connectivity index (χ3n) is 2.76. The lowest BCUT2D eigenvalue weighted by atomic mass is 10.2. The third kappa shape index (κ3) is 4.53. The summed E-state index contributed by atoms with van der Waals surface area (Å²) in [6.45, 7) is 2.56. The van der Waals surface area contributed by atoms with Gasteiger partial charge in [0.05, 0.1) is 12.2 Å². The van der Waals surface area contributed by atoms with E-state index >= 15 is 0 Å². The molecular formula is C12H19F3N4O. The predicted octanol–water partition coefficient (Wildman–Crippen LogP) is 1.98. The number of anilines is 2. The monoisotopic (exact) mass is 292 g/mol. The van der Waals surface area contributed by atoms with E-state index in [1.54, 1.807) is 4.90 Å². The van der Waals surface area contributed by atoms with Crippen LogP contribution in [0.25, 0.3) is 0 Å². The second-order valence-corrected chi connectivity index (χ2v) is 4.31. The van der Waals surface area contributed by atoms with Crippen molar-refractivity contribution in [2.75, 3.05) is 30.0 Å². The molecule has 0 fully saturated rings. The summed E-state index contributed by atoms with van der Waals surface area (Å²) in [4.78, 5) is 5.63. The van der Waals surface area contributed by atoms with Crippen LogP contribution in [0.5, 0.6) is 0 Å². The Labute approximate surface area is 115 Å². The zero-order valence-electron chi connectivity index (χ0n) is 11.2. The van der Waals surface area contributed by atoms with E-state index in [0.29, 0.717) is 6.54 Å². The van der Waals surface area contributed by atoms with E-state index in [-0.39, 0.29) is 24.8 Å². The van der Waals surface area contributed by atoms with Gasteiger partial charge < -0.3 is 15.4 Å². The lowest BCUT2D eigenvalue weighted by molar-refractivity contribution is -0.137. The molecule has 114 valence electrons. The van der Waals surface area contributed by atoms with Crippen LogP contribution in [0, 0.1) is 0 Å². The number of rotatable bonds is 7. The molecule has 0 saturated heterocycles. The molecule has 0 aliphatic heterocycles. The lowest BCUT2D eigenvalue weighted by Crippen LogP contribution is -2.29. The van der Waals surface area contributed by atoms with Crippen LogP contribution in [0.2, 0.25) is 0 Å². The molecule has 8 heteroatoms. The molecule has 1 rings (SSSR count). The van der Waals surface area contributed by atoms with Gasteiger partial charge in [0.1, 0.15) is 11.6 Å². The first kappa shape index (κ1) is 16.5. The molecule has 20 heavy (non-hydrogen) atoms. The maximum absolute atomic E-state index is 12.8. The van der Waals surface area contributed by atoms with Gasteiger partial charge in [-0.15, -0.1) is 0 Å². The van der Waals surface area contributed by atoms with E-state index < -0.39 is 11.7 Å². The Balaban J connectivity index is 3.12. The average Bonchev–Trinajstić information content (AvgIpc) is 2.42. The molecular weight excluding hydrogens is 273 g/mol. The van der Waals surface area contributed by atoms with E-state index in [1.807, 2.05) is 6.92 Å². The van der Waals surface area contributed by atoms with Crippen molar-refractivity contribution < 1.29 is 18.3 Å². The number of nitrogen functional groups attached to an aromatic ring is 1. The summed E-state index contributed by atoms with van der Waals surface area (Å²) in [5.74, 6) is 5.24. The minimum Gasteiger partial charge on any atom is -0.395 e. The van der Waals surface area contributed by atoms with Crippen LogP contribution < -0.4 is 16.2 Å². The minimum atomic E-state index is -4.47. The first-order chi connectivity index (χ1) is 9.42. The highest BCUT2D eigenvalue weighted by molar-refractivity contribution is 5.50. The summed E-state index contributed by atoms with van der Waals surface area (Å²) >= 11 is 0. The molecule has 0 aromatic carbocycles. The minimum absolute atomic E-state index is 0.0609. The summed E-state index contributed by atoms with van der Waals surface area (Å²) in [6.07, 6.45) is -2.79. The number of nitrogens with two attached hydrogens (primary N) is 1. The Kier molecular flexibility index (Phi) is 6.03. The number of aliphatic hydroxyl groups is 1. The van der Waals surface area contributed by atoms with Crippen molar-refractivity contribution in [3.8, 4) is 0 Å². The fourth-order valence-electron chi connectivity index (χ4n) is 1.73. The zero-order valence-corrected chi connectivity index (χ0v) is 11.2. The Morgan fingerprint density at radius 2 is 2.05 bits per heavy atom. The molecule has 0 bridgehead atoms. The maximum atomic E-state index is 12.8. The van der Waals surface area contributed by atoms with Crippen LogP contribution in [0.4, 0.5) is 24.8 Å². The van der Waals surface area contributed by atoms with Crippen LogP contribution >= 0.6 is 0 Å². The smallest absolute Gasteiger partial charge is 0.395 e. The van der Waals surface area contributed by atoms with Gasteiger partial charge in [0, 0.05) is 13.1 Å². The summed E-state index contributed by atoms with van der Waals surface area (Å²) < 4.78 is 38.5. The van der Waals surface area contributed by atoms with Crippen LogP contribution in [0.1, 0.15) is 25.3 Å². The quantitative estimate of drug-likeness (QED) is 0.529. The van der Waals surface area contributed by atoms with Gasteiger partial charge in [-0.25, -0.2) is 10.8 Å². The molecule has 0 atom stereocenters. The van der Waals surface area contributed by atoms with E-state index in [1.165, 1.54) is 0 Å². The fourth-order valence-corrected chi connectivity index (χ4v) is 1.73. The number of nitrogens with one attached hydrogen (secondary N) is 1. The Hall–Kier alpha value is -1.54. The topological polar surface area (TPSA) is 74.4 Å². The SMILES string of the molecule is CCCCN(CCO)c1cc(C(F)(F)F)cc(NN)n1. The molecule has 1 heterocycles. The molecule has 0 spiro atoms. The van der Waals surface area contributed by atoms with Crippen LogP contribution in [0.15, 0.2) is 12.1 Å². The molecule has 0 aliphatic carbocycles. The highest BCUT2D eigenvalue weighted by atomic mass is 19.4. The van der Waals surface area contributed by atoms with Crippen molar-refractivity contribution in [1.82, 2.24) is 4.98 Å². The van der Waals surface area contributed by atoms with E-state index in [0.717, 1.165) is 25.0 Å². The van der Waals surface area contributed by atoms with E-state index in [4.69, 9.17) is 10.9 Å². The normalized spacial score (nSPS) is 11.5. The standard InChI is InChI=1S/C12H19F3N4O/c1-2-3-4-19(5-6-20)11-8-9(12(13,14)15)7-10(17-11)18-16/h7-8,20H,2-6,16H2,1H3,(H,17,18). The summed E-state index contributed by atoms with van der Waals surface area (Å²) in [6, 6.07) is 1.81. The predicted molar refractivity (Wildman–Crippen MR) is 71.3 cm³/mol. The number of nitrogens with zero attached hydrogens (tertiary/aromatic N) is 2. The lowest BCUT2D eigenvalue weighted by Gasteiger charge is -2.24. The maximum Gasteiger partial charge on any atom is 0.416 e. The van der Waals surface area contributed by atoms with Crippen LogP contribution in [-0.4, -0.2) is 29.8 Å². The largest absolute Gasteiger partial charge is 0.416 e. The van der Waals surface area contributed by atoms with Crippen molar-refractivity contribution in [1.29, 1.82) is 0 Å². The first-order valence-corrected chi connectivity index (χ1v) is 6.34. The molecule has 0 saturated carbocycles. The number of hydrazine groups is 1. The Morgan fingerprint density at radius 3 is 2.55 bits per heavy atom. The molecule has 0 amide bonds. The number of pyridine rings is 1. The number of unbranched alkanes of at least 4 members (excludes halogenated alkanes) is 1. The molecule has 1 aromatic rings. The number of alkyl halides is 3. The van der Waals surface area contributed by atoms with Crippen molar-refractivity contribution in [2.45, 2.75) is 25.9 Å². The van der Waals surface area contributed by atoms with Gasteiger partial charge in [-0.3, -0.25) is 0 Å². The summed E-state index contributed by atoms with van der Waals surface area (Å²) in [5, 5.41) is 9.02. The van der Waals surface area contributed by atoms with Gasteiger partial charge in [0.25, 0.3) is 0 Å². The number of hydrogen-bond acceptors (Lipinski definition) is 5. The fraction of sp³-hybridized carbons (Fsp3) is 0.583. The summed E-state index contributed by atoms with van der Waals surface area (Å²) in [5.41, 5.74) is 1.31. The van der Waals surface area contributed by atoms with E-state index in [9.17, 15) is 13.2 Å². The van der Waals surface area contributed by atoms with Gasteiger partial charge in [0.15, 0.2) is 0 Å². The van der Waals surface area contributed by atoms with Gasteiger partial charge in [-0.05, 0) is 18.6 Å². The van der Waals surface area contributed by atoms with Gasteiger partial charge in [-0.1, -0.05) is 13.3 Å². The second-order valence-electron chi connectivity index (χ2n) is 4.31. The molecule has 0 radical (unpaired) electrons. The highest BCUT2D eigenvalue weighted by Crippen LogP contribution is 2.32. The van der Waals surface area contributed by atoms with Crippen molar-refractivity contribution in [2.24, 2.45) is 5.84 Å². The molecule has 4 N–H and O–H groups in total. The average molecular weight is 292 g/mol. The van der Waals surface area contributed by atoms with Crippen molar-refractivity contribution >= 4 is 11.6 Å².